The van der Waals surface area contributed by atoms with Crippen LogP contribution in [0.15, 0.2) is 77.2 Å². The van der Waals surface area contributed by atoms with Crippen molar-refractivity contribution >= 4 is 70.4 Å². The van der Waals surface area contributed by atoms with Gasteiger partial charge in [-0.1, -0.05) is 82.5 Å². The first-order valence-corrected chi connectivity index (χ1v) is 27.1. The van der Waals surface area contributed by atoms with E-state index in [2.05, 4.69) is 35.1 Å². The van der Waals surface area contributed by atoms with Crippen LogP contribution in [0.1, 0.15) is 117 Å². The molecule has 2 aromatic carbocycles. The molecule has 4 aliphatic carbocycles. The molecule has 0 bridgehead atoms. The minimum absolute atomic E-state index is 0.00813. The van der Waals surface area contributed by atoms with E-state index in [1.807, 2.05) is 62.4 Å². The van der Waals surface area contributed by atoms with Crippen LogP contribution in [0.2, 0.25) is 0 Å². The lowest BCUT2D eigenvalue weighted by molar-refractivity contribution is -0.201. The van der Waals surface area contributed by atoms with Crippen molar-refractivity contribution in [1.82, 2.24) is 16.0 Å². The molecule has 0 radical (unpaired) electrons. The normalized spacial score (nSPS) is 29.7. The van der Waals surface area contributed by atoms with Gasteiger partial charge in [0.15, 0.2) is 23.5 Å². The third-order valence-corrected chi connectivity index (χ3v) is 18.2. The van der Waals surface area contributed by atoms with Gasteiger partial charge < -0.3 is 46.1 Å². The molecular weight excluding hydrogens is 961 g/mol. The van der Waals surface area contributed by atoms with Gasteiger partial charge in [-0.2, -0.15) is 0 Å². The number of anilines is 1. The number of hydrogen-bond donors (Lipinski definition) is 7. The number of Topliss-reactive ketones (excluding diaryl/α,β-unsaturated/α-hetero) is 1. The van der Waals surface area contributed by atoms with E-state index in [4.69, 9.17) is 9.47 Å². The minimum Gasteiger partial charge on any atom is -0.481 e. The summed E-state index contributed by atoms with van der Waals surface area (Å²) in [4.78, 5) is 90.0. The number of hydrogen-bond acceptors (Lipinski definition) is 13. The molecule has 7 N–H and O–H groups in total. The zero-order valence-corrected chi connectivity index (χ0v) is 43.6. The first-order valence-electron chi connectivity index (χ1n) is 25.2. The first-order chi connectivity index (χ1) is 34.2. The molecular formula is C54H70N4O12S2. The third kappa shape index (κ3) is 11.6. The Hall–Kier alpha value is -4.85. The Morgan fingerprint density at radius 3 is 2.40 bits per heavy atom. The quantitative estimate of drug-likeness (QED) is 0.0651. The third-order valence-electron chi connectivity index (χ3n) is 15.7. The van der Waals surface area contributed by atoms with Crippen molar-refractivity contribution in [3.8, 4) is 0 Å². The Balaban J connectivity index is 0.874. The van der Waals surface area contributed by atoms with Crippen LogP contribution in [0, 0.1) is 28.6 Å². The van der Waals surface area contributed by atoms with E-state index < -0.39 is 94.3 Å². The Morgan fingerprint density at radius 1 is 0.958 bits per heavy atom. The average molecular weight is 1030 g/mol. The highest BCUT2D eigenvalue weighted by molar-refractivity contribution is 8.01. The second kappa shape index (κ2) is 23.1. The van der Waals surface area contributed by atoms with Gasteiger partial charge in [0.2, 0.25) is 23.6 Å². The molecule has 1 aliphatic heterocycles. The van der Waals surface area contributed by atoms with Crippen molar-refractivity contribution in [1.29, 1.82) is 0 Å². The summed E-state index contributed by atoms with van der Waals surface area (Å²) in [5.41, 5.74) is 0.581. The molecule has 0 spiro atoms. The molecule has 4 amide bonds. The summed E-state index contributed by atoms with van der Waals surface area (Å²) in [6.07, 6.45) is 7.76. The number of ketones is 2. The predicted molar refractivity (Wildman–Crippen MR) is 273 cm³/mol. The van der Waals surface area contributed by atoms with E-state index in [9.17, 15) is 48.9 Å². The van der Waals surface area contributed by atoms with E-state index in [0.717, 1.165) is 53.7 Å². The van der Waals surface area contributed by atoms with Crippen LogP contribution in [0.5, 0.6) is 0 Å². The number of aliphatic carboxylic acids is 1. The van der Waals surface area contributed by atoms with Gasteiger partial charge >= 0.3 is 5.97 Å². The van der Waals surface area contributed by atoms with Crippen LogP contribution in [-0.4, -0.2) is 110 Å². The van der Waals surface area contributed by atoms with Crippen LogP contribution in [0.3, 0.4) is 0 Å². The highest BCUT2D eigenvalue weighted by atomic mass is 32.2. The zero-order valence-electron chi connectivity index (χ0n) is 41.9. The van der Waals surface area contributed by atoms with Crippen molar-refractivity contribution in [2.24, 2.45) is 28.6 Å². The van der Waals surface area contributed by atoms with Crippen LogP contribution in [0.25, 0.3) is 0 Å². The van der Waals surface area contributed by atoms with E-state index in [1.165, 1.54) is 25.6 Å². The summed E-state index contributed by atoms with van der Waals surface area (Å²) in [5.74, 6) is -3.05. The van der Waals surface area contributed by atoms with E-state index in [0.29, 0.717) is 24.3 Å². The van der Waals surface area contributed by atoms with Crippen molar-refractivity contribution in [2.45, 2.75) is 157 Å². The average Bonchev–Trinajstić information content (AvgIpc) is 3.85. The number of carboxylic acid groups (broad SMARTS) is 1. The van der Waals surface area contributed by atoms with Crippen molar-refractivity contribution in [3.63, 3.8) is 0 Å². The van der Waals surface area contributed by atoms with Crippen molar-refractivity contribution in [2.75, 3.05) is 18.5 Å². The van der Waals surface area contributed by atoms with Gasteiger partial charge in [0.25, 0.3) is 0 Å². The summed E-state index contributed by atoms with van der Waals surface area (Å²) in [5, 5.41) is 41.6. The van der Waals surface area contributed by atoms with Gasteiger partial charge in [0.1, 0.15) is 18.7 Å². The number of aliphatic hydroxyl groups excluding tert-OH is 2. The smallest absolute Gasteiger partial charge is 0.305 e. The molecule has 390 valence electrons. The lowest BCUT2D eigenvalue weighted by Gasteiger charge is -2.59. The Kier molecular flexibility index (Phi) is 17.6. The number of nitrogens with one attached hydrogen (secondary N) is 4. The molecule has 72 heavy (non-hydrogen) atoms. The zero-order chi connectivity index (χ0) is 52.1. The van der Waals surface area contributed by atoms with Crippen molar-refractivity contribution in [3.05, 3.63) is 83.5 Å². The van der Waals surface area contributed by atoms with Gasteiger partial charge in [-0.15, -0.1) is 23.5 Å². The Labute approximate surface area is 430 Å². The number of benzene rings is 2. The topological polar surface area (TPSA) is 247 Å². The van der Waals surface area contributed by atoms with Gasteiger partial charge in [-0.3, -0.25) is 33.6 Å². The predicted octanol–water partition coefficient (Wildman–Crippen LogP) is 6.19. The number of carbonyl (C=O) groups is 7. The summed E-state index contributed by atoms with van der Waals surface area (Å²) in [7, 11) is 0. The number of carbonyl (C=O) groups excluding carboxylic acids is 6. The SMILES string of the molecule is CCCCC(C)SC(CC(=O)O)C(=O)NCCC(=O)N[C@@H](C)C(=O)N[C@@H](C)C(=O)Nc1cccc(SCc2ccc([C@@H]3O[C@@H]4CC5[C@@H]6CCC7=CC(=O)C=C[C@]7(C)C6[C@@H](O)C[C@]5(C)[C@]4(C(=O)CO)O3)cc2)c1. The molecule has 1 saturated heterocycles. The molecule has 7 rings (SSSR count). The molecule has 2 aromatic rings. The highest BCUT2D eigenvalue weighted by Gasteiger charge is 2.76. The van der Waals surface area contributed by atoms with Gasteiger partial charge in [-0.25, -0.2) is 0 Å². The number of unbranched alkanes of at least 4 members (excludes halogenated alkanes) is 1. The Bertz CT molecular complexity index is 2450. The number of aliphatic hydroxyl groups is 2. The van der Waals surface area contributed by atoms with Crippen LogP contribution < -0.4 is 21.3 Å². The number of rotatable bonds is 22. The molecule has 0 aromatic heterocycles. The molecule has 16 nitrogen and oxygen atoms in total. The molecule has 1 heterocycles. The molecule has 4 unspecified atom stereocenters. The van der Waals surface area contributed by atoms with Gasteiger partial charge in [-0.05, 0) is 93.7 Å². The maximum absolute atomic E-state index is 14.0. The number of ether oxygens (including phenoxy) is 2. The summed E-state index contributed by atoms with van der Waals surface area (Å²) >= 11 is 2.86. The second-order valence-electron chi connectivity index (χ2n) is 20.6. The second-order valence-corrected chi connectivity index (χ2v) is 23.3. The summed E-state index contributed by atoms with van der Waals surface area (Å²) in [6.45, 7) is 10.4. The molecule has 13 atom stereocenters. The van der Waals surface area contributed by atoms with Crippen LogP contribution >= 0.6 is 23.5 Å². The van der Waals surface area contributed by atoms with E-state index >= 15 is 0 Å². The number of amides is 4. The van der Waals surface area contributed by atoms with E-state index in [1.54, 1.807) is 30.0 Å². The summed E-state index contributed by atoms with van der Waals surface area (Å²) < 4.78 is 13.4. The maximum Gasteiger partial charge on any atom is 0.305 e. The Morgan fingerprint density at radius 2 is 1.69 bits per heavy atom. The van der Waals surface area contributed by atoms with Crippen LogP contribution in [0.4, 0.5) is 5.69 Å². The van der Waals surface area contributed by atoms with Crippen LogP contribution in [-0.2, 0) is 48.8 Å². The number of carboxylic acids is 1. The number of thioether (sulfide) groups is 2. The van der Waals surface area contributed by atoms with Gasteiger partial charge in [0.05, 0.1) is 23.9 Å². The minimum atomic E-state index is -1.44. The lowest BCUT2D eigenvalue weighted by Crippen LogP contribution is -2.63. The van der Waals surface area contributed by atoms with E-state index in [-0.39, 0.29) is 48.2 Å². The van der Waals surface area contributed by atoms with Gasteiger partial charge in [0, 0.05) is 56.9 Å². The summed E-state index contributed by atoms with van der Waals surface area (Å²) in [6, 6.07) is 13.1. The fourth-order valence-corrected chi connectivity index (χ4v) is 14.3. The fourth-order valence-electron chi connectivity index (χ4n) is 12.1. The maximum atomic E-state index is 14.0. The standard InChI is InChI=1S/C54H70N4O12S2/c1-7-8-10-30(2)72-42(26-46(64)65)50(68)55-22-20-45(63)56-31(3)48(66)57-32(4)49(67)58-36-11-9-12-38(24-36)71-29-33-13-15-34(16-14-33)51-69-44-25-40-39-18-17-35-23-37(60)19-21-52(35,5)47(39)41(61)27-53(40,6)54(44,70-51)43(62)28-59/h9,11-16,19,21,23-24,30-32,39-42,44,47,51,59,61H,7-8,10,17-18,20,22,25-29H2,1-6H3,(H,55,68)(H,56,63)(H,57,66)(H,58,67)(H,64,65)/t30?,31-,32-,39-,40?,41-,42?,44+,47?,51+,52-,53-,54+/m0/s1. The number of fused-ring (bicyclic) bond motifs is 7. The molecule has 3 saturated carbocycles. The fraction of sp³-hybridized carbons (Fsp3) is 0.574. The molecule has 4 fully saturated rings. The lowest BCUT2D eigenvalue weighted by atomic mass is 9.46. The first kappa shape index (κ1) is 54.9. The molecule has 18 heteroatoms. The van der Waals surface area contributed by atoms with Crippen molar-refractivity contribution < 1.29 is 58.4 Å². The highest BCUT2D eigenvalue weighted by Crippen LogP contribution is 2.70. The largest absolute Gasteiger partial charge is 0.481 e. The monoisotopic (exact) mass is 1030 g/mol. The number of allylic oxidation sites excluding steroid dienone is 4. The molecule has 5 aliphatic rings.